The number of carboxylic acids is 1. The average Bonchev–Trinajstić information content (AvgIpc) is 2.79. The number of carboxylic acid groups (broad SMARTS) is 1. The molecule has 5 heteroatoms. The molecule has 1 fully saturated rings. The van der Waals surface area contributed by atoms with E-state index >= 15 is 0 Å². The third-order valence-electron chi connectivity index (χ3n) is 3.98. The van der Waals surface area contributed by atoms with E-state index in [9.17, 15) is 4.79 Å². The number of nitrogens with two attached hydrogens (primary N) is 1. The number of aryl methyl sites for hydroxylation is 1. The van der Waals surface area contributed by atoms with Gasteiger partial charge in [-0.25, -0.2) is 4.79 Å². The van der Waals surface area contributed by atoms with Gasteiger partial charge >= 0.3 is 5.97 Å². The summed E-state index contributed by atoms with van der Waals surface area (Å²) in [4.78, 5) is 13.5. The molecule has 0 aliphatic carbocycles. The summed E-state index contributed by atoms with van der Waals surface area (Å²) in [5, 5.41) is 9.11. The van der Waals surface area contributed by atoms with E-state index in [1.165, 1.54) is 18.9 Å². The molecule has 1 unspecified atom stereocenters. The van der Waals surface area contributed by atoms with E-state index in [0.717, 1.165) is 18.5 Å². The van der Waals surface area contributed by atoms with Crippen molar-refractivity contribution in [3.05, 3.63) is 23.3 Å². The van der Waals surface area contributed by atoms with Crippen molar-refractivity contribution in [3.63, 3.8) is 0 Å². The van der Waals surface area contributed by atoms with Crippen molar-refractivity contribution in [2.24, 2.45) is 0 Å². The summed E-state index contributed by atoms with van der Waals surface area (Å²) in [6, 6.07) is 3.87. The molecule has 1 aromatic carbocycles. The fraction of sp³-hybridized carbons (Fsp3) is 0.533. The molecule has 0 spiro atoms. The van der Waals surface area contributed by atoms with Crippen LogP contribution in [0.15, 0.2) is 12.1 Å². The number of ether oxygens (including phenoxy) is 1. The second-order valence-electron chi connectivity index (χ2n) is 5.42. The highest BCUT2D eigenvalue weighted by atomic mass is 16.5. The normalized spacial score (nSPS) is 19.2. The van der Waals surface area contributed by atoms with Crippen molar-refractivity contribution in [2.45, 2.75) is 32.2 Å². The first-order valence-electron chi connectivity index (χ1n) is 6.95. The van der Waals surface area contributed by atoms with E-state index in [2.05, 4.69) is 11.9 Å². The topological polar surface area (TPSA) is 75.8 Å². The van der Waals surface area contributed by atoms with Crippen LogP contribution in [-0.4, -0.2) is 42.2 Å². The number of aromatic carboxylic acids is 1. The van der Waals surface area contributed by atoms with Crippen LogP contribution in [0.3, 0.4) is 0 Å². The van der Waals surface area contributed by atoms with Crippen molar-refractivity contribution in [1.82, 2.24) is 4.90 Å². The number of likely N-dealkylation sites (tertiary alicyclic amines) is 1. The monoisotopic (exact) mass is 278 g/mol. The zero-order valence-corrected chi connectivity index (χ0v) is 12.1. The van der Waals surface area contributed by atoms with Crippen molar-refractivity contribution in [2.75, 3.05) is 25.9 Å². The summed E-state index contributed by atoms with van der Waals surface area (Å²) in [5.41, 5.74) is 6.91. The highest BCUT2D eigenvalue weighted by Crippen LogP contribution is 2.25. The Bertz CT molecular complexity index is 502. The quantitative estimate of drug-likeness (QED) is 0.807. The molecular weight excluding hydrogens is 256 g/mol. The molecule has 0 aromatic heterocycles. The molecule has 3 N–H and O–H groups in total. The van der Waals surface area contributed by atoms with Crippen LogP contribution in [-0.2, 0) is 0 Å². The fourth-order valence-electron chi connectivity index (χ4n) is 2.68. The SMILES string of the molecule is Cc1cc(OCCC2CCCN2C)cc(C(=O)O)c1N. The largest absolute Gasteiger partial charge is 0.493 e. The van der Waals surface area contributed by atoms with Gasteiger partial charge in [-0.05, 0) is 57.5 Å². The standard InChI is InChI=1S/C15H22N2O3/c1-10-8-12(9-13(14(10)16)15(18)19)20-7-5-11-4-3-6-17(11)2/h8-9,11H,3-7,16H2,1-2H3,(H,18,19). The summed E-state index contributed by atoms with van der Waals surface area (Å²) >= 11 is 0. The number of rotatable bonds is 5. The van der Waals surface area contributed by atoms with Crippen molar-refractivity contribution in [3.8, 4) is 5.75 Å². The van der Waals surface area contributed by atoms with Gasteiger partial charge in [-0.1, -0.05) is 0 Å². The first-order chi connectivity index (χ1) is 9.49. The second kappa shape index (κ2) is 6.13. The van der Waals surface area contributed by atoms with E-state index in [0.29, 0.717) is 24.1 Å². The molecule has 1 aromatic rings. The van der Waals surface area contributed by atoms with Gasteiger partial charge < -0.3 is 20.5 Å². The molecular formula is C15H22N2O3. The lowest BCUT2D eigenvalue weighted by Crippen LogP contribution is -2.26. The Kier molecular flexibility index (Phi) is 4.49. The van der Waals surface area contributed by atoms with Gasteiger partial charge in [-0.15, -0.1) is 0 Å². The van der Waals surface area contributed by atoms with Crippen LogP contribution in [0.25, 0.3) is 0 Å². The van der Waals surface area contributed by atoms with Crippen LogP contribution in [0, 0.1) is 6.92 Å². The van der Waals surface area contributed by atoms with E-state index in [-0.39, 0.29) is 5.56 Å². The molecule has 0 amide bonds. The molecule has 1 aliphatic heterocycles. The van der Waals surface area contributed by atoms with E-state index < -0.39 is 5.97 Å². The maximum Gasteiger partial charge on any atom is 0.337 e. The zero-order valence-electron chi connectivity index (χ0n) is 12.1. The van der Waals surface area contributed by atoms with Gasteiger partial charge in [0.2, 0.25) is 0 Å². The van der Waals surface area contributed by atoms with Crippen molar-refractivity contribution >= 4 is 11.7 Å². The Labute approximate surface area is 119 Å². The smallest absolute Gasteiger partial charge is 0.337 e. The summed E-state index contributed by atoms with van der Waals surface area (Å²) < 4.78 is 5.70. The van der Waals surface area contributed by atoms with Crippen LogP contribution in [0.4, 0.5) is 5.69 Å². The third-order valence-corrected chi connectivity index (χ3v) is 3.98. The molecule has 2 rings (SSSR count). The Morgan fingerprint density at radius 2 is 2.30 bits per heavy atom. The molecule has 110 valence electrons. The maximum atomic E-state index is 11.1. The number of carbonyl (C=O) groups is 1. The molecule has 0 bridgehead atoms. The summed E-state index contributed by atoms with van der Waals surface area (Å²) in [6.45, 7) is 3.53. The average molecular weight is 278 g/mol. The first kappa shape index (κ1) is 14.7. The minimum absolute atomic E-state index is 0.109. The van der Waals surface area contributed by atoms with Gasteiger partial charge in [0.1, 0.15) is 5.75 Å². The lowest BCUT2D eigenvalue weighted by Gasteiger charge is -2.19. The van der Waals surface area contributed by atoms with Gasteiger partial charge in [0.05, 0.1) is 12.2 Å². The molecule has 1 heterocycles. The molecule has 20 heavy (non-hydrogen) atoms. The molecule has 1 atom stereocenters. The van der Waals surface area contributed by atoms with Crippen LogP contribution in [0.5, 0.6) is 5.75 Å². The zero-order chi connectivity index (χ0) is 14.7. The molecule has 5 nitrogen and oxygen atoms in total. The van der Waals surface area contributed by atoms with Crippen LogP contribution < -0.4 is 10.5 Å². The minimum Gasteiger partial charge on any atom is -0.493 e. The Hall–Kier alpha value is -1.75. The molecule has 0 radical (unpaired) electrons. The number of nitrogen functional groups attached to an aromatic ring is 1. The van der Waals surface area contributed by atoms with E-state index in [1.807, 2.05) is 0 Å². The number of hydrogen-bond acceptors (Lipinski definition) is 4. The Morgan fingerprint density at radius 3 is 2.90 bits per heavy atom. The van der Waals surface area contributed by atoms with Crippen molar-refractivity contribution in [1.29, 1.82) is 0 Å². The van der Waals surface area contributed by atoms with E-state index in [4.69, 9.17) is 15.6 Å². The fourth-order valence-corrected chi connectivity index (χ4v) is 2.68. The second-order valence-corrected chi connectivity index (χ2v) is 5.42. The summed E-state index contributed by atoms with van der Waals surface area (Å²) in [7, 11) is 2.13. The predicted molar refractivity (Wildman–Crippen MR) is 78.3 cm³/mol. The van der Waals surface area contributed by atoms with Gasteiger partial charge in [-0.3, -0.25) is 0 Å². The van der Waals surface area contributed by atoms with Crippen LogP contribution in [0.2, 0.25) is 0 Å². The van der Waals surface area contributed by atoms with E-state index in [1.54, 1.807) is 13.0 Å². The lowest BCUT2D eigenvalue weighted by molar-refractivity contribution is 0.0697. The van der Waals surface area contributed by atoms with Gasteiger partial charge in [0, 0.05) is 11.7 Å². The summed E-state index contributed by atoms with van der Waals surface area (Å²) in [5.74, 6) is -0.443. The Morgan fingerprint density at radius 1 is 1.55 bits per heavy atom. The third kappa shape index (κ3) is 3.22. The predicted octanol–water partition coefficient (Wildman–Crippen LogP) is 2.14. The number of hydrogen-bond donors (Lipinski definition) is 2. The Balaban J connectivity index is 1.97. The van der Waals surface area contributed by atoms with Gasteiger partial charge in [0.25, 0.3) is 0 Å². The maximum absolute atomic E-state index is 11.1. The highest BCUT2D eigenvalue weighted by molar-refractivity contribution is 5.95. The summed E-state index contributed by atoms with van der Waals surface area (Å²) in [6.07, 6.45) is 3.41. The minimum atomic E-state index is -1.02. The number of nitrogens with zero attached hydrogens (tertiary/aromatic N) is 1. The van der Waals surface area contributed by atoms with Gasteiger partial charge in [-0.2, -0.15) is 0 Å². The number of benzene rings is 1. The molecule has 0 saturated carbocycles. The van der Waals surface area contributed by atoms with Crippen molar-refractivity contribution < 1.29 is 14.6 Å². The number of anilines is 1. The molecule has 1 aliphatic rings. The molecule has 1 saturated heterocycles. The highest BCUT2D eigenvalue weighted by Gasteiger charge is 2.20. The van der Waals surface area contributed by atoms with Gasteiger partial charge in [0.15, 0.2) is 0 Å². The first-order valence-corrected chi connectivity index (χ1v) is 6.95. The lowest BCUT2D eigenvalue weighted by atomic mass is 10.1. The van der Waals surface area contributed by atoms with Crippen LogP contribution in [0.1, 0.15) is 35.2 Å². The van der Waals surface area contributed by atoms with Crippen LogP contribution >= 0.6 is 0 Å².